The molecular weight excluding hydrogens is 238 g/mol. The van der Waals surface area contributed by atoms with Crippen LogP contribution < -0.4 is 11.1 Å². The van der Waals surface area contributed by atoms with Crippen molar-refractivity contribution in [1.82, 2.24) is 9.88 Å². The zero-order valence-corrected chi connectivity index (χ0v) is 11.9. The summed E-state index contributed by atoms with van der Waals surface area (Å²) in [5.41, 5.74) is 6.56. The molecule has 106 valence electrons. The molecule has 2 rings (SSSR count). The average molecular weight is 263 g/mol. The highest BCUT2D eigenvalue weighted by Crippen LogP contribution is 2.27. The quantitative estimate of drug-likeness (QED) is 0.856. The fourth-order valence-electron chi connectivity index (χ4n) is 3.01. The maximum atomic E-state index is 12.4. The summed E-state index contributed by atoms with van der Waals surface area (Å²) >= 11 is 0. The van der Waals surface area contributed by atoms with E-state index in [1.807, 2.05) is 22.9 Å². The van der Waals surface area contributed by atoms with Gasteiger partial charge in [-0.3, -0.25) is 4.79 Å². The monoisotopic (exact) mass is 263 g/mol. The van der Waals surface area contributed by atoms with Gasteiger partial charge in [0, 0.05) is 24.8 Å². The van der Waals surface area contributed by atoms with E-state index in [-0.39, 0.29) is 11.9 Å². The van der Waals surface area contributed by atoms with Gasteiger partial charge in [0.05, 0.1) is 0 Å². The van der Waals surface area contributed by atoms with Crippen LogP contribution in [0.3, 0.4) is 0 Å². The van der Waals surface area contributed by atoms with Crippen molar-refractivity contribution in [3.63, 3.8) is 0 Å². The number of rotatable bonds is 5. The van der Waals surface area contributed by atoms with Gasteiger partial charge in [0.25, 0.3) is 5.91 Å². The van der Waals surface area contributed by atoms with E-state index < -0.39 is 0 Å². The standard InChI is InChI=1S/C15H25N3O/c1-11(2)18-9-5-8-14(18)15(19)17-13(10-16)12-6-3-4-7-12/h5,8-9,11-13H,3-4,6-7,10,16H2,1-2H3,(H,17,19). The van der Waals surface area contributed by atoms with E-state index in [0.29, 0.717) is 18.5 Å². The van der Waals surface area contributed by atoms with Crippen LogP contribution in [-0.4, -0.2) is 23.1 Å². The second-order valence-corrected chi connectivity index (χ2v) is 5.75. The Bertz CT molecular complexity index is 419. The molecule has 4 heteroatoms. The van der Waals surface area contributed by atoms with Crippen LogP contribution in [0.5, 0.6) is 0 Å². The van der Waals surface area contributed by atoms with Gasteiger partial charge >= 0.3 is 0 Å². The lowest BCUT2D eigenvalue weighted by Gasteiger charge is -2.24. The van der Waals surface area contributed by atoms with Gasteiger partial charge in [-0.15, -0.1) is 0 Å². The Morgan fingerprint density at radius 2 is 2.16 bits per heavy atom. The highest BCUT2D eigenvalue weighted by molar-refractivity contribution is 5.93. The molecule has 3 N–H and O–H groups in total. The summed E-state index contributed by atoms with van der Waals surface area (Å²) in [5, 5.41) is 3.12. The van der Waals surface area contributed by atoms with E-state index in [2.05, 4.69) is 19.2 Å². The Morgan fingerprint density at radius 1 is 1.47 bits per heavy atom. The second-order valence-electron chi connectivity index (χ2n) is 5.75. The summed E-state index contributed by atoms with van der Waals surface area (Å²) in [6, 6.07) is 4.20. The van der Waals surface area contributed by atoms with Crippen molar-refractivity contribution in [2.75, 3.05) is 6.54 Å². The summed E-state index contributed by atoms with van der Waals surface area (Å²) in [4.78, 5) is 12.4. The number of nitrogens with zero attached hydrogens (tertiary/aromatic N) is 1. The molecule has 0 aliphatic heterocycles. The molecule has 1 unspecified atom stereocenters. The Labute approximate surface area is 115 Å². The van der Waals surface area contributed by atoms with Crippen molar-refractivity contribution in [3.8, 4) is 0 Å². The van der Waals surface area contributed by atoms with Crippen LogP contribution in [0.15, 0.2) is 18.3 Å². The molecule has 1 aliphatic carbocycles. The molecule has 0 aromatic carbocycles. The Balaban J connectivity index is 2.04. The summed E-state index contributed by atoms with van der Waals surface area (Å²) in [6.45, 7) is 4.68. The Hall–Kier alpha value is -1.29. The zero-order valence-electron chi connectivity index (χ0n) is 11.9. The van der Waals surface area contributed by atoms with E-state index in [4.69, 9.17) is 5.73 Å². The van der Waals surface area contributed by atoms with Crippen LogP contribution in [0.25, 0.3) is 0 Å². The summed E-state index contributed by atoms with van der Waals surface area (Å²) < 4.78 is 2.00. The van der Waals surface area contributed by atoms with Crippen molar-refractivity contribution in [2.45, 2.75) is 51.6 Å². The number of carbonyl (C=O) groups excluding carboxylic acids is 1. The third-order valence-electron chi connectivity index (χ3n) is 4.11. The topological polar surface area (TPSA) is 60.0 Å². The van der Waals surface area contributed by atoms with Crippen molar-refractivity contribution < 1.29 is 4.79 Å². The van der Waals surface area contributed by atoms with E-state index in [1.54, 1.807) is 0 Å². The summed E-state index contributed by atoms with van der Waals surface area (Å²) in [7, 11) is 0. The van der Waals surface area contributed by atoms with Crippen LogP contribution >= 0.6 is 0 Å². The molecule has 0 bridgehead atoms. The number of carbonyl (C=O) groups is 1. The fraction of sp³-hybridized carbons (Fsp3) is 0.667. The zero-order chi connectivity index (χ0) is 13.8. The number of amides is 1. The summed E-state index contributed by atoms with van der Waals surface area (Å²) in [5.74, 6) is 0.553. The minimum Gasteiger partial charge on any atom is -0.346 e. The van der Waals surface area contributed by atoms with Crippen molar-refractivity contribution >= 4 is 5.91 Å². The van der Waals surface area contributed by atoms with Crippen LogP contribution in [0.1, 0.15) is 56.1 Å². The van der Waals surface area contributed by atoms with Crippen molar-refractivity contribution in [1.29, 1.82) is 0 Å². The molecule has 0 radical (unpaired) electrons. The molecule has 19 heavy (non-hydrogen) atoms. The van der Waals surface area contributed by atoms with Crippen LogP contribution in [-0.2, 0) is 0 Å². The number of nitrogens with two attached hydrogens (primary N) is 1. The lowest BCUT2D eigenvalue weighted by atomic mass is 9.98. The predicted molar refractivity (Wildman–Crippen MR) is 77.1 cm³/mol. The first-order valence-corrected chi connectivity index (χ1v) is 7.31. The van der Waals surface area contributed by atoms with Crippen molar-refractivity contribution in [3.05, 3.63) is 24.0 Å². The highest BCUT2D eigenvalue weighted by Gasteiger charge is 2.26. The molecule has 1 heterocycles. The molecular formula is C15H25N3O. The first-order valence-electron chi connectivity index (χ1n) is 7.31. The molecule has 1 atom stereocenters. The van der Waals surface area contributed by atoms with Crippen LogP contribution in [0, 0.1) is 5.92 Å². The van der Waals surface area contributed by atoms with E-state index in [0.717, 1.165) is 5.69 Å². The molecule has 4 nitrogen and oxygen atoms in total. The van der Waals surface area contributed by atoms with Gasteiger partial charge in [-0.05, 0) is 44.7 Å². The van der Waals surface area contributed by atoms with Gasteiger partial charge in [-0.25, -0.2) is 0 Å². The van der Waals surface area contributed by atoms with Gasteiger partial charge in [0.15, 0.2) is 0 Å². The van der Waals surface area contributed by atoms with E-state index >= 15 is 0 Å². The van der Waals surface area contributed by atoms with Crippen LogP contribution in [0.2, 0.25) is 0 Å². The van der Waals surface area contributed by atoms with E-state index in [1.165, 1.54) is 25.7 Å². The fourth-order valence-corrected chi connectivity index (χ4v) is 3.01. The molecule has 1 aromatic rings. The van der Waals surface area contributed by atoms with Gasteiger partial charge < -0.3 is 15.6 Å². The third-order valence-corrected chi connectivity index (χ3v) is 4.11. The molecule has 0 spiro atoms. The average Bonchev–Trinajstić information content (AvgIpc) is 3.05. The minimum absolute atomic E-state index is 0.000972. The molecule has 1 aromatic heterocycles. The molecule has 1 aliphatic rings. The normalized spacial score (nSPS) is 17.9. The lowest BCUT2D eigenvalue weighted by molar-refractivity contribution is 0.0913. The highest BCUT2D eigenvalue weighted by atomic mass is 16.2. The van der Waals surface area contributed by atoms with Gasteiger partial charge in [-0.2, -0.15) is 0 Å². The van der Waals surface area contributed by atoms with Crippen LogP contribution in [0.4, 0.5) is 0 Å². The Kier molecular flexibility index (Phi) is 4.64. The van der Waals surface area contributed by atoms with Gasteiger partial charge in [-0.1, -0.05) is 12.8 Å². The van der Waals surface area contributed by atoms with E-state index in [9.17, 15) is 4.79 Å². The largest absolute Gasteiger partial charge is 0.346 e. The number of aromatic nitrogens is 1. The van der Waals surface area contributed by atoms with Crippen molar-refractivity contribution in [2.24, 2.45) is 11.7 Å². The predicted octanol–water partition coefficient (Wildman–Crippen LogP) is 2.32. The maximum Gasteiger partial charge on any atom is 0.268 e. The smallest absolute Gasteiger partial charge is 0.268 e. The first-order chi connectivity index (χ1) is 9.13. The number of nitrogens with one attached hydrogen (secondary N) is 1. The van der Waals surface area contributed by atoms with Gasteiger partial charge in [0.1, 0.15) is 5.69 Å². The summed E-state index contributed by atoms with van der Waals surface area (Å²) in [6.07, 6.45) is 6.85. The Morgan fingerprint density at radius 3 is 2.74 bits per heavy atom. The third kappa shape index (κ3) is 3.18. The number of hydrogen-bond donors (Lipinski definition) is 2. The SMILES string of the molecule is CC(C)n1cccc1C(=O)NC(CN)C1CCCC1. The molecule has 1 amide bonds. The second kappa shape index (κ2) is 6.24. The minimum atomic E-state index is 0.000972. The first kappa shape index (κ1) is 14.1. The maximum absolute atomic E-state index is 12.4. The lowest BCUT2D eigenvalue weighted by Crippen LogP contribution is -2.45. The van der Waals surface area contributed by atoms with Gasteiger partial charge in [0.2, 0.25) is 0 Å². The molecule has 1 fully saturated rings. The number of hydrogen-bond acceptors (Lipinski definition) is 2. The molecule has 0 saturated heterocycles. The molecule has 1 saturated carbocycles.